The van der Waals surface area contributed by atoms with Crippen molar-refractivity contribution in [2.75, 3.05) is 0 Å². The Kier molecular flexibility index (Phi) is 9.67. The minimum Gasteiger partial charge on any atom is -0.265 e. The van der Waals surface area contributed by atoms with Gasteiger partial charge in [-0.15, -0.1) is 0 Å². The van der Waals surface area contributed by atoms with Gasteiger partial charge in [-0.3, -0.25) is 15.0 Å². The zero-order valence-corrected chi connectivity index (χ0v) is 19.3. The maximum atomic E-state index is 4.25. The second-order valence-corrected chi connectivity index (χ2v) is 9.39. The quantitative estimate of drug-likeness (QED) is 0.450. The van der Waals surface area contributed by atoms with Gasteiger partial charge in [0.15, 0.2) is 0 Å². The molecule has 3 heterocycles. The summed E-state index contributed by atoms with van der Waals surface area (Å²) >= 11 is 0. The van der Waals surface area contributed by atoms with Gasteiger partial charge < -0.3 is 0 Å². The average Bonchev–Trinajstić information content (AvgIpc) is 2.70. The lowest BCUT2D eigenvalue weighted by molar-refractivity contribution is 0.569. The van der Waals surface area contributed by atoms with Crippen molar-refractivity contribution in [3.63, 3.8) is 0 Å². The molecule has 0 atom stereocenters. The van der Waals surface area contributed by atoms with Crippen LogP contribution in [-0.2, 0) is 10.8 Å². The zero-order chi connectivity index (χ0) is 21.9. The van der Waals surface area contributed by atoms with Crippen molar-refractivity contribution in [3.8, 4) is 0 Å². The number of pyridine rings is 3. The number of rotatable bonds is 1. The molecule has 29 heavy (non-hydrogen) atoms. The monoisotopic (exact) mass is 391 g/mol. The molecule has 0 aliphatic carbocycles. The second-order valence-electron chi connectivity index (χ2n) is 9.39. The molecular formula is C26H37N3. The fourth-order valence-corrected chi connectivity index (χ4v) is 2.36. The summed E-state index contributed by atoms with van der Waals surface area (Å²) in [5, 5.41) is 0. The molecule has 3 aromatic heterocycles. The van der Waals surface area contributed by atoms with Gasteiger partial charge in [0.2, 0.25) is 0 Å². The van der Waals surface area contributed by atoms with E-state index in [9.17, 15) is 0 Å². The Morgan fingerprint density at radius 2 is 1.31 bits per heavy atom. The number of aromatic nitrogens is 3. The molecule has 0 aliphatic rings. The van der Waals surface area contributed by atoms with E-state index in [4.69, 9.17) is 0 Å². The van der Waals surface area contributed by atoms with E-state index in [1.54, 1.807) is 6.20 Å². The highest BCUT2D eigenvalue weighted by Gasteiger charge is 2.13. The maximum absolute atomic E-state index is 4.25. The third-order valence-corrected chi connectivity index (χ3v) is 4.33. The minimum absolute atomic E-state index is 0.182. The Hall–Kier alpha value is -2.55. The molecule has 0 N–H and O–H groups in total. The first-order valence-electron chi connectivity index (χ1n) is 10.2. The number of hydrogen-bond acceptors (Lipinski definition) is 3. The molecule has 0 aromatic carbocycles. The van der Waals surface area contributed by atoms with E-state index in [2.05, 4.69) is 82.5 Å². The standard InChI is InChI=1S/2C9H13N.C8H11N/c1-9(2,3)8-5-4-6-10-7-8;1-9(2,3)8-6-4-5-7-10-8;1-7(2)8-3-5-9-6-4-8/h2*4-7H,1-3H3;3-7H,1-2H3. The van der Waals surface area contributed by atoms with E-state index in [-0.39, 0.29) is 10.8 Å². The van der Waals surface area contributed by atoms with Gasteiger partial charge in [0.1, 0.15) is 0 Å². The summed E-state index contributed by atoms with van der Waals surface area (Å²) in [5.41, 5.74) is 4.20. The maximum Gasteiger partial charge on any atom is 0.0457 e. The largest absolute Gasteiger partial charge is 0.265 e. The predicted octanol–water partition coefficient (Wildman–Crippen LogP) is 6.96. The SMILES string of the molecule is CC(C)(C)c1ccccn1.CC(C)(C)c1cccnc1.CC(C)c1ccncc1. The summed E-state index contributed by atoms with van der Waals surface area (Å²) in [5.74, 6) is 0.619. The fraction of sp³-hybridized carbons (Fsp3) is 0.423. The van der Waals surface area contributed by atoms with Gasteiger partial charge in [-0.2, -0.15) is 0 Å². The van der Waals surface area contributed by atoms with E-state index in [0.29, 0.717) is 5.92 Å². The lowest BCUT2D eigenvalue weighted by Gasteiger charge is -2.17. The first kappa shape index (κ1) is 24.5. The third kappa shape index (κ3) is 9.98. The average molecular weight is 392 g/mol. The normalized spacial score (nSPS) is 11.1. The van der Waals surface area contributed by atoms with Crippen LogP contribution in [0.1, 0.15) is 78.1 Å². The summed E-state index contributed by atoms with van der Waals surface area (Å²) in [6.07, 6.45) is 9.21. The lowest BCUT2D eigenvalue weighted by atomic mass is 9.88. The molecule has 0 saturated carbocycles. The van der Waals surface area contributed by atoms with Crippen molar-refractivity contribution in [1.29, 1.82) is 0 Å². The second kappa shape index (κ2) is 11.5. The molecule has 0 saturated heterocycles. The summed E-state index contributed by atoms with van der Waals surface area (Å²) < 4.78 is 0. The molecule has 3 aromatic rings. The van der Waals surface area contributed by atoms with Crippen molar-refractivity contribution >= 4 is 0 Å². The van der Waals surface area contributed by atoms with E-state index < -0.39 is 0 Å². The molecule has 0 aliphatic heterocycles. The molecule has 3 nitrogen and oxygen atoms in total. The van der Waals surface area contributed by atoms with E-state index >= 15 is 0 Å². The minimum atomic E-state index is 0.182. The zero-order valence-electron chi connectivity index (χ0n) is 19.3. The molecule has 3 heteroatoms. The van der Waals surface area contributed by atoms with Crippen LogP contribution in [0.25, 0.3) is 0 Å². The van der Waals surface area contributed by atoms with E-state index in [1.165, 1.54) is 11.1 Å². The fourth-order valence-electron chi connectivity index (χ4n) is 2.36. The molecular weight excluding hydrogens is 354 g/mol. The van der Waals surface area contributed by atoms with Gasteiger partial charge in [0.05, 0.1) is 0 Å². The van der Waals surface area contributed by atoms with Crippen LogP contribution in [-0.4, -0.2) is 15.0 Å². The Labute approximate surface area is 177 Å². The van der Waals surface area contributed by atoms with Gasteiger partial charge in [0.25, 0.3) is 0 Å². The van der Waals surface area contributed by atoms with Gasteiger partial charge in [-0.05, 0) is 52.8 Å². The van der Waals surface area contributed by atoms with Crippen molar-refractivity contribution in [3.05, 3.63) is 90.3 Å². The van der Waals surface area contributed by atoms with Crippen molar-refractivity contribution in [2.45, 2.75) is 72.1 Å². The Balaban J connectivity index is 0.000000218. The summed E-state index contributed by atoms with van der Waals surface area (Å²) in [6.45, 7) is 17.4. The number of nitrogens with zero attached hydrogens (tertiary/aromatic N) is 3. The molecule has 156 valence electrons. The van der Waals surface area contributed by atoms with E-state index in [1.807, 2.05) is 55.1 Å². The van der Waals surface area contributed by atoms with Crippen LogP contribution in [0.15, 0.2) is 73.4 Å². The Morgan fingerprint density at radius 1 is 0.655 bits per heavy atom. The topological polar surface area (TPSA) is 38.7 Å². The highest BCUT2D eigenvalue weighted by molar-refractivity contribution is 5.17. The number of hydrogen-bond donors (Lipinski definition) is 0. The first-order valence-corrected chi connectivity index (χ1v) is 10.2. The van der Waals surface area contributed by atoms with Crippen LogP contribution < -0.4 is 0 Å². The molecule has 0 amide bonds. The third-order valence-electron chi connectivity index (χ3n) is 4.33. The van der Waals surface area contributed by atoms with Crippen LogP contribution in [0, 0.1) is 0 Å². The lowest BCUT2D eigenvalue weighted by Crippen LogP contribution is -2.12. The van der Waals surface area contributed by atoms with Crippen LogP contribution in [0.4, 0.5) is 0 Å². The highest BCUT2D eigenvalue weighted by atomic mass is 14.7. The van der Waals surface area contributed by atoms with Crippen molar-refractivity contribution < 1.29 is 0 Å². The van der Waals surface area contributed by atoms with Crippen molar-refractivity contribution in [2.24, 2.45) is 0 Å². The van der Waals surface area contributed by atoms with Gasteiger partial charge in [-0.1, -0.05) is 67.5 Å². The molecule has 0 fully saturated rings. The highest BCUT2D eigenvalue weighted by Crippen LogP contribution is 2.20. The van der Waals surface area contributed by atoms with Crippen LogP contribution in [0.2, 0.25) is 0 Å². The van der Waals surface area contributed by atoms with Crippen LogP contribution >= 0.6 is 0 Å². The Morgan fingerprint density at radius 3 is 1.62 bits per heavy atom. The van der Waals surface area contributed by atoms with Gasteiger partial charge in [-0.25, -0.2) is 0 Å². The molecule has 3 rings (SSSR count). The first-order chi connectivity index (χ1) is 13.5. The smallest absolute Gasteiger partial charge is 0.0457 e. The molecule has 0 unspecified atom stereocenters. The molecule has 0 bridgehead atoms. The molecule has 0 spiro atoms. The summed E-state index contributed by atoms with van der Waals surface area (Å²) in [7, 11) is 0. The van der Waals surface area contributed by atoms with Gasteiger partial charge in [0, 0.05) is 42.1 Å². The summed E-state index contributed by atoms with van der Waals surface area (Å²) in [4.78, 5) is 12.2. The van der Waals surface area contributed by atoms with Crippen LogP contribution in [0.3, 0.4) is 0 Å². The van der Waals surface area contributed by atoms with Crippen molar-refractivity contribution in [1.82, 2.24) is 15.0 Å². The van der Waals surface area contributed by atoms with Gasteiger partial charge >= 0.3 is 0 Å². The van der Waals surface area contributed by atoms with Crippen LogP contribution in [0.5, 0.6) is 0 Å². The Bertz CT molecular complexity index is 735. The predicted molar refractivity (Wildman–Crippen MR) is 124 cm³/mol. The molecule has 0 radical (unpaired) electrons. The summed E-state index contributed by atoms with van der Waals surface area (Å²) in [6, 6.07) is 14.2. The van der Waals surface area contributed by atoms with E-state index in [0.717, 1.165) is 5.69 Å².